The van der Waals surface area contributed by atoms with Gasteiger partial charge in [0, 0.05) is 23.7 Å². The summed E-state index contributed by atoms with van der Waals surface area (Å²) < 4.78 is 0.807. The first-order valence-electron chi connectivity index (χ1n) is 5.48. The molecule has 1 aromatic rings. The second kappa shape index (κ2) is 7.44. The van der Waals surface area contributed by atoms with Gasteiger partial charge in [0.1, 0.15) is 0 Å². The number of hydrogen-bond acceptors (Lipinski definition) is 3. The molecule has 0 heterocycles. The van der Waals surface area contributed by atoms with Gasteiger partial charge in [0.05, 0.1) is 0 Å². The van der Waals surface area contributed by atoms with E-state index in [0.717, 1.165) is 10.0 Å². The van der Waals surface area contributed by atoms with E-state index in [9.17, 15) is 14.4 Å². The van der Waals surface area contributed by atoms with Gasteiger partial charge in [0.15, 0.2) is 5.78 Å². The summed E-state index contributed by atoms with van der Waals surface area (Å²) in [5.41, 5.74) is 0.782. The van der Waals surface area contributed by atoms with Gasteiger partial charge in [-0.3, -0.25) is 14.4 Å². The van der Waals surface area contributed by atoms with Crippen molar-refractivity contribution < 1.29 is 14.4 Å². The summed E-state index contributed by atoms with van der Waals surface area (Å²) >= 11 is 8.47. The minimum Gasteiger partial charge on any atom is -0.291 e. The Bertz CT molecular complexity index is 471. The van der Waals surface area contributed by atoms with E-state index in [1.54, 1.807) is 6.07 Å². The second-order valence-corrected chi connectivity index (χ2v) is 5.10. The highest BCUT2D eigenvalue weighted by atomic mass is 79.9. The number of carbonyl (C=O) groups is 3. The van der Waals surface area contributed by atoms with Gasteiger partial charge >= 0.3 is 0 Å². The molecular formula is C13H12BrClO3. The molecule has 96 valence electrons. The van der Waals surface area contributed by atoms with Crippen LogP contribution in [0.4, 0.5) is 0 Å². The molecule has 0 saturated carbocycles. The van der Waals surface area contributed by atoms with Crippen LogP contribution in [0.1, 0.15) is 24.8 Å². The highest BCUT2D eigenvalue weighted by Gasteiger charge is 2.15. The van der Waals surface area contributed by atoms with E-state index in [1.165, 1.54) is 0 Å². The molecule has 0 unspecified atom stereocenters. The molecule has 1 rings (SSSR count). The monoisotopic (exact) mass is 330 g/mol. The van der Waals surface area contributed by atoms with Crippen LogP contribution in [0.25, 0.3) is 0 Å². The molecule has 0 N–H and O–H groups in total. The Balaban J connectivity index is 2.48. The van der Waals surface area contributed by atoms with Gasteiger partial charge in [-0.05, 0) is 29.7 Å². The maximum absolute atomic E-state index is 11.7. The van der Waals surface area contributed by atoms with E-state index in [-0.39, 0.29) is 19.3 Å². The summed E-state index contributed by atoms with van der Waals surface area (Å²) in [7, 11) is 0. The van der Waals surface area contributed by atoms with Gasteiger partial charge in [0.2, 0.25) is 11.0 Å². The van der Waals surface area contributed by atoms with Crippen LogP contribution in [0, 0.1) is 0 Å². The van der Waals surface area contributed by atoms with Crippen LogP contribution in [0.15, 0.2) is 28.7 Å². The van der Waals surface area contributed by atoms with E-state index in [2.05, 4.69) is 15.9 Å². The summed E-state index contributed by atoms with van der Waals surface area (Å²) in [6.07, 6.45) is 0.593. The summed E-state index contributed by atoms with van der Waals surface area (Å²) in [4.78, 5) is 33.7. The van der Waals surface area contributed by atoms with E-state index in [4.69, 9.17) is 11.6 Å². The minimum absolute atomic E-state index is 0.0712. The molecule has 0 aliphatic heterocycles. The Kier molecular flexibility index (Phi) is 6.22. The summed E-state index contributed by atoms with van der Waals surface area (Å²) in [5.74, 6) is -0.896. The van der Waals surface area contributed by atoms with Crippen LogP contribution in [0.3, 0.4) is 0 Å². The van der Waals surface area contributed by atoms with Crippen molar-refractivity contribution in [3.05, 3.63) is 34.3 Å². The van der Waals surface area contributed by atoms with E-state index in [0.29, 0.717) is 6.42 Å². The van der Waals surface area contributed by atoms with E-state index < -0.39 is 16.8 Å². The molecule has 3 nitrogen and oxygen atoms in total. The number of Topliss-reactive ketones (excluding diaryl/α,β-unsaturated/α-hetero) is 2. The van der Waals surface area contributed by atoms with E-state index >= 15 is 0 Å². The Hall–Kier alpha value is -1.000. The molecule has 0 aliphatic carbocycles. The maximum atomic E-state index is 11.7. The van der Waals surface area contributed by atoms with Gasteiger partial charge in [-0.15, -0.1) is 0 Å². The standard InChI is InChI=1S/C13H12BrClO3/c14-10-5-2-1-4-9(10)8-12(17)11(16)6-3-7-13(15)18/h1-2,4-5H,3,6-8H2. The first-order valence-corrected chi connectivity index (χ1v) is 6.65. The van der Waals surface area contributed by atoms with Crippen LogP contribution in [-0.4, -0.2) is 16.8 Å². The number of carbonyl (C=O) groups excluding carboxylic acids is 3. The fourth-order valence-corrected chi connectivity index (χ4v) is 2.00. The van der Waals surface area contributed by atoms with Crippen molar-refractivity contribution >= 4 is 44.3 Å². The molecular weight excluding hydrogens is 319 g/mol. The lowest BCUT2D eigenvalue weighted by Gasteiger charge is -2.02. The van der Waals surface area contributed by atoms with Gasteiger partial charge in [-0.1, -0.05) is 34.1 Å². The molecule has 0 aromatic heterocycles. The van der Waals surface area contributed by atoms with Crippen LogP contribution in [0.5, 0.6) is 0 Å². The molecule has 0 spiro atoms. The molecule has 5 heteroatoms. The quantitative estimate of drug-likeness (QED) is 0.570. The third kappa shape index (κ3) is 5.10. The van der Waals surface area contributed by atoms with Crippen molar-refractivity contribution in [1.29, 1.82) is 0 Å². The fraction of sp³-hybridized carbons (Fsp3) is 0.308. The second-order valence-electron chi connectivity index (χ2n) is 3.82. The zero-order chi connectivity index (χ0) is 13.5. The Morgan fingerprint density at radius 1 is 1.06 bits per heavy atom. The average Bonchev–Trinajstić information content (AvgIpc) is 2.31. The average molecular weight is 332 g/mol. The Morgan fingerprint density at radius 3 is 2.33 bits per heavy atom. The Morgan fingerprint density at radius 2 is 1.72 bits per heavy atom. The topological polar surface area (TPSA) is 51.2 Å². The van der Waals surface area contributed by atoms with Crippen LogP contribution in [0.2, 0.25) is 0 Å². The van der Waals surface area contributed by atoms with Crippen LogP contribution >= 0.6 is 27.5 Å². The molecule has 0 aliphatic rings. The number of benzene rings is 1. The highest BCUT2D eigenvalue weighted by molar-refractivity contribution is 9.10. The van der Waals surface area contributed by atoms with Crippen LogP contribution < -0.4 is 0 Å². The van der Waals surface area contributed by atoms with Gasteiger partial charge in [-0.25, -0.2) is 0 Å². The summed E-state index contributed by atoms with van der Waals surface area (Å²) in [6, 6.07) is 7.26. The molecule has 0 saturated heterocycles. The molecule has 0 fully saturated rings. The number of rotatable bonds is 7. The molecule has 0 atom stereocenters. The van der Waals surface area contributed by atoms with Crippen molar-refractivity contribution in [1.82, 2.24) is 0 Å². The zero-order valence-corrected chi connectivity index (χ0v) is 12.0. The molecule has 0 amide bonds. The molecule has 18 heavy (non-hydrogen) atoms. The molecule has 0 radical (unpaired) electrons. The van der Waals surface area contributed by atoms with E-state index in [1.807, 2.05) is 18.2 Å². The van der Waals surface area contributed by atoms with Gasteiger partial charge in [0.25, 0.3) is 0 Å². The largest absolute Gasteiger partial charge is 0.291 e. The van der Waals surface area contributed by atoms with Crippen molar-refractivity contribution in [3.63, 3.8) is 0 Å². The van der Waals surface area contributed by atoms with Crippen molar-refractivity contribution in [3.8, 4) is 0 Å². The smallest absolute Gasteiger partial charge is 0.221 e. The van der Waals surface area contributed by atoms with Crippen molar-refractivity contribution in [2.24, 2.45) is 0 Å². The van der Waals surface area contributed by atoms with Gasteiger partial charge in [-0.2, -0.15) is 0 Å². The third-order valence-electron chi connectivity index (χ3n) is 2.40. The lowest BCUT2D eigenvalue weighted by molar-refractivity contribution is -0.136. The maximum Gasteiger partial charge on any atom is 0.221 e. The number of halogens is 2. The van der Waals surface area contributed by atoms with Gasteiger partial charge < -0.3 is 0 Å². The summed E-state index contributed by atoms with van der Waals surface area (Å²) in [5, 5.41) is -0.485. The number of ketones is 2. The fourth-order valence-electron chi connectivity index (χ4n) is 1.44. The normalized spacial score (nSPS) is 10.1. The van der Waals surface area contributed by atoms with Crippen molar-refractivity contribution in [2.45, 2.75) is 25.7 Å². The molecule has 1 aromatic carbocycles. The highest BCUT2D eigenvalue weighted by Crippen LogP contribution is 2.17. The molecule has 0 bridgehead atoms. The SMILES string of the molecule is O=C(Cl)CCCC(=O)C(=O)Cc1ccccc1Br. The predicted molar refractivity (Wildman–Crippen MR) is 72.6 cm³/mol. The van der Waals surface area contributed by atoms with Crippen molar-refractivity contribution in [2.75, 3.05) is 0 Å². The zero-order valence-electron chi connectivity index (χ0n) is 9.62. The first kappa shape index (κ1) is 15.1. The van der Waals surface area contributed by atoms with Crippen LogP contribution in [-0.2, 0) is 20.8 Å². The summed E-state index contributed by atoms with van der Waals surface area (Å²) in [6.45, 7) is 0. The number of hydrogen-bond donors (Lipinski definition) is 0. The lowest BCUT2D eigenvalue weighted by atomic mass is 10.0. The lowest BCUT2D eigenvalue weighted by Crippen LogP contribution is -2.16. The first-order chi connectivity index (χ1) is 8.50. The Labute approximate surface area is 119 Å². The third-order valence-corrected chi connectivity index (χ3v) is 3.36. The predicted octanol–water partition coefficient (Wildman–Crippen LogP) is 3.07. The minimum atomic E-state index is -0.485.